The van der Waals surface area contributed by atoms with E-state index >= 15 is 0 Å². The number of halogens is 1. The molecule has 0 heterocycles. The zero-order valence-electron chi connectivity index (χ0n) is 10.8. The number of carbonyl (C=O) groups excluding carboxylic acids is 1. The van der Waals surface area contributed by atoms with Gasteiger partial charge in [-0.3, -0.25) is 4.79 Å². The fraction of sp³-hybridized carbons (Fsp3) is 0.417. The van der Waals surface area contributed by atoms with Gasteiger partial charge < -0.3 is 4.74 Å². The van der Waals surface area contributed by atoms with Crippen LogP contribution in [0.3, 0.4) is 0 Å². The molecule has 1 rings (SSSR count). The van der Waals surface area contributed by atoms with Gasteiger partial charge in [-0.2, -0.15) is 0 Å². The predicted octanol–water partition coefficient (Wildman–Crippen LogP) is 2.45. The molecule has 5 nitrogen and oxygen atoms in total. The van der Waals surface area contributed by atoms with E-state index in [0.717, 1.165) is 0 Å². The van der Waals surface area contributed by atoms with Gasteiger partial charge in [-0.1, -0.05) is 22.9 Å². The van der Waals surface area contributed by atoms with Crippen molar-refractivity contribution in [2.75, 3.05) is 6.61 Å². The number of hydrogen-bond acceptors (Lipinski definition) is 4. The third kappa shape index (κ3) is 4.50. The van der Waals surface area contributed by atoms with E-state index < -0.39 is 15.9 Å². The molecule has 0 aliphatic rings. The Morgan fingerprint density at radius 3 is 2.63 bits per heavy atom. The van der Waals surface area contributed by atoms with Crippen LogP contribution in [0.1, 0.15) is 26.7 Å². The SMILES string of the molecule is CCCC(=O)NS(=O)(=O)c1cc(Br)ccc1OCC. The molecule has 0 aliphatic carbocycles. The Hall–Kier alpha value is -1.08. The van der Waals surface area contributed by atoms with E-state index in [2.05, 4.69) is 15.9 Å². The van der Waals surface area contributed by atoms with Crippen LogP contribution in [-0.4, -0.2) is 20.9 Å². The lowest BCUT2D eigenvalue weighted by molar-refractivity contribution is -0.119. The summed E-state index contributed by atoms with van der Waals surface area (Å²) < 4.78 is 32.2. The summed E-state index contributed by atoms with van der Waals surface area (Å²) in [4.78, 5) is 11.4. The van der Waals surface area contributed by atoms with Crippen LogP contribution in [0, 0.1) is 0 Å². The second-order valence-corrected chi connectivity index (χ2v) is 6.37. The number of sulfonamides is 1. The molecule has 0 bridgehead atoms. The minimum atomic E-state index is -3.91. The molecule has 1 N–H and O–H groups in total. The Bertz CT molecular complexity index is 557. The van der Waals surface area contributed by atoms with Crippen LogP contribution in [0.2, 0.25) is 0 Å². The maximum atomic E-state index is 12.1. The van der Waals surface area contributed by atoms with Crippen LogP contribution in [0.5, 0.6) is 5.75 Å². The molecule has 0 aliphatic heterocycles. The molecule has 0 aromatic heterocycles. The minimum Gasteiger partial charge on any atom is -0.492 e. The van der Waals surface area contributed by atoms with Crippen LogP contribution in [-0.2, 0) is 14.8 Å². The third-order valence-electron chi connectivity index (χ3n) is 2.22. The minimum absolute atomic E-state index is 0.0480. The number of ether oxygens (including phenoxy) is 1. The van der Waals surface area contributed by atoms with E-state index in [0.29, 0.717) is 17.5 Å². The summed E-state index contributed by atoms with van der Waals surface area (Å²) in [5.41, 5.74) is 0. The Balaban J connectivity index is 3.12. The first-order valence-corrected chi connectivity index (χ1v) is 8.16. The largest absolute Gasteiger partial charge is 0.492 e. The van der Waals surface area contributed by atoms with Crippen molar-refractivity contribution in [1.29, 1.82) is 0 Å². The molecule has 0 saturated carbocycles. The van der Waals surface area contributed by atoms with Gasteiger partial charge in [0.05, 0.1) is 6.61 Å². The Kier molecular flexibility index (Phi) is 5.81. The number of hydrogen-bond donors (Lipinski definition) is 1. The van der Waals surface area contributed by atoms with Gasteiger partial charge in [0, 0.05) is 10.9 Å². The Morgan fingerprint density at radius 2 is 2.05 bits per heavy atom. The van der Waals surface area contributed by atoms with Crippen molar-refractivity contribution in [1.82, 2.24) is 4.72 Å². The van der Waals surface area contributed by atoms with Crippen LogP contribution in [0.15, 0.2) is 27.6 Å². The van der Waals surface area contributed by atoms with Gasteiger partial charge in [-0.05, 0) is 31.5 Å². The molecule has 1 amide bonds. The van der Waals surface area contributed by atoms with Crippen molar-refractivity contribution in [2.24, 2.45) is 0 Å². The fourth-order valence-electron chi connectivity index (χ4n) is 1.45. The van der Waals surface area contributed by atoms with Crippen LogP contribution in [0.4, 0.5) is 0 Å². The van der Waals surface area contributed by atoms with Gasteiger partial charge in [0.2, 0.25) is 5.91 Å². The van der Waals surface area contributed by atoms with Crippen molar-refractivity contribution in [3.8, 4) is 5.75 Å². The maximum Gasteiger partial charge on any atom is 0.267 e. The number of carbonyl (C=O) groups is 1. The van der Waals surface area contributed by atoms with E-state index in [1.54, 1.807) is 26.0 Å². The van der Waals surface area contributed by atoms with Crippen molar-refractivity contribution in [2.45, 2.75) is 31.6 Å². The zero-order chi connectivity index (χ0) is 14.5. The second kappa shape index (κ2) is 6.91. The average Bonchev–Trinajstić information content (AvgIpc) is 2.31. The number of rotatable bonds is 6. The quantitative estimate of drug-likeness (QED) is 0.855. The summed E-state index contributed by atoms with van der Waals surface area (Å²) in [6.07, 6.45) is 0.745. The molecule has 1 aromatic carbocycles. The van der Waals surface area contributed by atoms with Crippen LogP contribution >= 0.6 is 15.9 Å². The zero-order valence-corrected chi connectivity index (χ0v) is 13.2. The molecule has 0 fully saturated rings. The summed E-state index contributed by atoms with van der Waals surface area (Å²) in [6, 6.07) is 4.64. The van der Waals surface area contributed by atoms with Crippen LogP contribution in [0.25, 0.3) is 0 Å². The topological polar surface area (TPSA) is 72.5 Å². The van der Waals surface area contributed by atoms with E-state index in [1.165, 1.54) is 6.07 Å². The fourth-order valence-corrected chi connectivity index (χ4v) is 3.15. The van der Waals surface area contributed by atoms with E-state index in [9.17, 15) is 13.2 Å². The molecule has 0 atom stereocenters. The lowest BCUT2D eigenvalue weighted by Crippen LogP contribution is -2.30. The van der Waals surface area contributed by atoms with Gasteiger partial charge in [-0.25, -0.2) is 13.1 Å². The summed E-state index contributed by atoms with van der Waals surface area (Å²) in [6.45, 7) is 3.90. The lowest BCUT2D eigenvalue weighted by atomic mass is 10.3. The maximum absolute atomic E-state index is 12.1. The molecule has 7 heteroatoms. The van der Waals surface area contributed by atoms with Crippen molar-refractivity contribution >= 4 is 31.9 Å². The van der Waals surface area contributed by atoms with Gasteiger partial charge in [0.25, 0.3) is 10.0 Å². The summed E-state index contributed by atoms with van der Waals surface area (Å²) in [5.74, 6) is -0.299. The molecule has 0 radical (unpaired) electrons. The van der Waals surface area contributed by atoms with Gasteiger partial charge >= 0.3 is 0 Å². The molecule has 0 spiro atoms. The summed E-state index contributed by atoms with van der Waals surface area (Å²) >= 11 is 3.20. The summed E-state index contributed by atoms with van der Waals surface area (Å²) in [7, 11) is -3.91. The first kappa shape index (κ1) is 16.0. The van der Waals surface area contributed by atoms with E-state index in [-0.39, 0.29) is 17.1 Å². The second-order valence-electron chi connectivity index (χ2n) is 3.80. The summed E-state index contributed by atoms with van der Waals surface area (Å²) in [5, 5.41) is 0. The normalized spacial score (nSPS) is 11.1. The Morgan fingerprint density at radius 1 is 1.37 bits per heavy atom. The average molecular weight is 350 g/mol. The monoisotopic (exact) mass is 349 g/mol. The first-order chi connectivity index (χ1) is 8.90. The van der Waals surface area contributed by atoms with Crippen molar-refractivity contribution in [3.05, 3.63) is 22.7 Å². The first-order valence-electron chi connectivity index (χ1n) is 5.88. The smallest absolute Gasteiger partial charge is 0.267 e. The molecule has 19 heavy (non-hydrogen) atoms. The number of benzene rings is 1. The molecule has 106 valence electrons. The molecular weight excluding hydrogens is 334 g/mol. The molecule has 0 unspecified atom stereocenters. The van der Waals surface area contributed by atoms with E-state index in [4.69, 9.17) is 4.74 Å². The number of nitrogens with one attached hydrogen (secondary N) is 1. The Labute approximate surface area is 121 Å². The van der Waals surface area contributed by atoms with Crippen molar-refractivity contribution < 1.29 is 17.9 Å². The highest BCUT2D eigenvalue weighted by molar-refractivity contribution is 9.10. The molecule has 1 aromatic rings. The van der Waals surface area contributed by atoms with E-state index in [1.807, 2.05) is 4.72 Å². The molecular formula is C12H16BrNO4S. The lowest BCUT2D eigenvalue weighted by Gasteiger charge is -2.12. The standard InChI is InChI=1S/C12H16BrNO4S/c1-3-5-12(15)14-19(16,17)11-8-9(13)6-7-10(11)18-4-2/h6-8H,3-5H2,1-2H3,(H,14,15). The highest BCUT2D eigenvalue weighted by atomic mass is 79.9. The number of amides is 1. The highest BCUT2D eigenvalue weighted by Crippen LogP contribution is 2.27. The van der Waals surface area contributed by atoms with Gasteiger partial charge in [0.15, 0.2) is 0 Å². The van der Waals surface area contributed by atoms with Gasteiger partial charge in [-0.15, -0.1) is 0 Å². The van der Waals surface area contributed by atoms with Crippen molar-refractivity contribution in [3.63, 3.8) is 0 Å². The van der Waals surface area contributed by atoms with Gasteiger partial charge in [0.1, 0.15) is 10.6 Å². The van der Waals surface area contributed by atoms with Crippen LogP contribution < -0.4 is 9.46 Å². The predicted molar refractivity (Wildman–Crippen MR) is 75.5 cm³/mol. The highest BCUT2D eigenvalue weighted by Gasteiger charge is 2.22. The third-order valence-corrected chi connectivity index (χ3v) is 4.11. The molecule has 0 saturated heterocycles.